The van der Waals surface area contributed by atoms with Gasteiger partial charge in [-0.1, -0.05) is 6.07 Å². The Balaban J connectivity index is 2.08. The number of rotatable bonds is 5. The van der Waals surface area contributed by atoms with Crippen LogP contribution in [-0.2, 0) is 11.3 Å². The monoisotopic (exact) mass is 397 g/mol. The fourth-order valence-electron chi connectivity index (χ4n) is 3.14. The number of nitriles is 1. The number of benzene rings is 1. The summed E-state index contributed by atoms with van der Waals surface area (Å²) >= 11 is 0. The summed E-state index contributed by atoms with van der Waals surface area (Å²) in [6, 6.07) is 6.03. The van der Waals surface area contributed by atoms with E-state index in [2.05, 4.69) is 10.2 Å². The van der Waals surface area contributed by atoms with Crippen LogP contribution in [0.2, 0.25) is 0 Å². The smallest absolute Gasteiger partial charge is 0.281 e. The minimum atomic E-state index is -0.610. The molecule has 0 amide bonds. The number of azo groups is 1. The molecule has 29 heavy (non-hydrogen) atoms. The number of nitrogens with zero attached hydrogens (tertiary/aromatic N) is 5. The molecule has 1 N–H and O–H groups in total. The highest BCUT2D eigenvalue weighted by molar-refractivity contribution is 5.57. The molecule has 0 radical (unpaired) electrons. The van der Waals surface area contributed by atoms with Crippen LogP contribution in [0.15, 0.2) is 33.2 Å². The summed E-state index contributed by atoms with van der Waals surface area (Å²) in [7, 11) is 0. The summed E-state index contributed by atoms with van der Waals surface area (Å²) in [4.78, 5) is 23.4. The largest absolute Gasteiger partial charge is 0.493 e. The van der Waals surface area contributed by atoms with Crippen molar-refractivity contribution in [3.8, 4) is 11.9 Å². The average molecular weight is 397 g/mol. The van der Waals surface area contributed by atoms with Gasteiger partial charge >= 0.3 is 0 Å². The van der Waals surface area contributed by atoms with Gasteiger partial charge in [-0.3, -0.25) is 19.5 Å². The number of nitro groups is 1. The van der Waals surface area contributed by atoms with Gasteiger partial charge in [0.05, 0.1) is 23.3 Å². The van der Waals surface area contributed by atoms with Crippen molar-refractivity contribution >= 4 is 17.1 Å². The van der Waals surface area contributed by atoms with Gasteiger partial charge < -0.3 is 9.84 Å². The maximum Gasteiger partial charge on any atom is 0.281 e. The van der Waals surface area contributed by atoms with E-state index in [1.807, 2.05) is 6.07 Å². The zero-order chi connectivity index (χ0) is 21.1. The number of ether oxygens (including phenoxy) is 1. The van der Waals surface area contributed by atoms with Crippen LogP contribution in [0.1, 0.15) is 29.5 Å². The standard InChI is InChI=1S/C19H19N5O5/c1-11-5-6-13(24(27)28)8-16(11)21-22-17-12(2)15(9-20)18(25)23(19(17)26)10-14-4-3-7-29-14/h5-6,8,14,25H,3-4,7,10H2,1-2H3. The molecule has 2 aromatic rings. The van der Waals surface area contributed by atoms with Crippen molar-refractivity contribution in [1.29, 1.82) is 5.26 Å². The van der Waals surface area contributed by atoms with Crippen molar-refractivity contribution < 1.29 is 14.8 Å². The second-order valence-electron chi connectivity index (χ2n) is 6.76. The Morgan fingerprint density at radius 1 is 1.41 bits per heavy atom. The van der Waals surface area contributed by atoms with Crippen LogP contribution >= 0.6 is 0 Å². The van der Waals surface area contributed by atoms with Crippen LogP contribution in [0.5, 0.6) is 5.88 Å². The Bertz CT molecular complexity index is 1090. The number of hydrogen-bond acceptors (Lipinski definition) is 8. The number of aromatic nitrogens is 1. The molecule has 3 rings (SSSR count). The number of aryl methyl sites for hydroxylation is 1. The lowest BCUT2D eigenvalue weighted by atomic mass is 10.1. The highest BCUT2D eigenvalue weighted by Gasteiger charge is 2.23. The molecule has 150 valence electrons. The SMILES string of the molecule is Cc1ccc([N+](=O)[O-])cc1N=Nc1c(C)c(C#N)c(O)n(CC2CCCO2)c1=O. The van der Waals surface area contributed by atoms with Crippen LogP contribution in [0.3, 0.4) is 0 Å². The lowest BCUT2D eigenvalue weighted by Gasteiger charge is -2.16. The molecule has 1 saturated heterocycles. The van der Waals surface area contributed by atoms with Gasteiger partial charge in [-0.2, -0.15) is 5.26 Å². The molecule has 1 aliphatic heterocycles. The second-order valence-corrected chi connectivity index (χ2v) is 6.76. The molecule has 10 heteroatoms. The molecule has 2 heterocycles. The lowest BCUT2D eigenvalue weighted by Crippen LogP contribution is -2.27. The van der Waals surface area contributed by atoms with E-state index in [9.17, 15) is 25.3 Å². The van der Waals surface area contributed by atoms with Gasteiger partial charge in [0.1, 0.15) is 11.6 Å². The molecule has 1 aliphatic rings. The molecule has 0 saturated carbocycles. The van der Waals surface area contributed by atoms with E-state index in [4.69, 9.17) is 4.74 Å². The van der Waals surface area contributed by atoms with Crippen LogP contribution in [0.25, 0.3) is 0 Å². The first-order valence-electron chi connectivity index (χ1n) is 8.98. The summed E-state index contributed by atoms with van der Waals surface area (Å²) in [6.45, 7) is 3.87. The van der Waals surface area contributed by atoms with Gasteiger partial charge in [-0.05, 0) is 32.3 Å². The van der Waals surface area contributed by atoms with Gasteiger partial charge in [0.2, 0.25) is 5.88 Å². The molecule has 0 aliphatic carbocycles. The summed E-state index contributed by atoms with van der Waals surface area (Å²) in [5.74, 6) is -0.434. The maximum absolute atomic E-state index is 12.9. The number of aromatic hydroxyl groups is 1. The van der Waals surface area contributed by atoms with E-state index >= 15 is 0 Å². The zero-order valence-corrected chi connectivity index (χ0v) is 16.0. The fraction of sp³-hybridized carbons (Fsp3) is 0.368. The minimum absolute atomic E-state index is 0.0766. The highest BCUT2D eigenvalue weighted by Crippen LogP contribution is 2.30. The van der Waals surface area contributed by atoms with Crippen molar-refractivity contribution in [1.82, 2.24) is 4.57 Å². The van der Waals surface area contributed by atoms with E-state index in [0.717, 1.165) is 17.4 Å². The topological polar surface area (TPSA) is 143 Å². The van der Waals surface area contributed by atoms with E-state index in [1.54, 1.807) is 6.92 Å². The third-order valence-corrected chi connectivity index (χ3v) is 4.84. The van der Waals surface area contributed by atoms with E-state index in [-0.39, 0.29) is 40.8 Å². The Morgan fingerprint density at radius 3 is 2.79 bits per heavy atom. The summed E-state index contributed by atoms with van der Waals surface area (Å²) in [5, 5.41) is 38.8. The quantitative estimate of drug-likeness (QED) is 0.464. The number of non-ortho nitro benzene ring substituents is 1. The van der Waals surface area contributed by atoms with Gasteiger partial charge in [0.15, 0.2) is 5.69 Å². The van der Waals surface area contributed by atoms with E-state index in [1.165, 1.54) is 25.1 Å². The third-order valence-electron chi connectivity index (χ3n) is 4.84. The number of nitro benzene ring substituents is 1. The molecule has 1 fully saturated rings. The maximum atomic E-state index is 12.9. The highest BCUT2D eigenvalue weighted by atomic mass is 16.6. The molecule has 0 spiro atoms. The van der Waals surface area contributed by atoms with Gasteiger partial charge in [-0.25, -0.2) is 0 Å². The lowest BCUT2D eigenvalue weighted by molar-refractivity contribution is -0.384. The summed E-state index contributed by atoms with van der Waals surface area (Å²) in [6.07, 6.45) is 1.36. The molecular weight excluding hydrogens is 378 g/mol. The van der Waals surface area contributed by atoms with Gasteiger partial charge in [0.25, 0.3) is 11.2 Å². The van der Waals surface area contributed by atoms with Crippen molar-refractivity contribution in [2.24, 2.45) is 10.2 Å². The Morgan fingerprint density at radius 2 is 2.17 bits per heavy atom. The van der Waals surface area contributed by atoms with Crippen molar-refractivity contribution in [2.75, 3.05) is 6.61 Å². The van der Waals surface area contributed by atoms with Crippen molar-refractivity contribution in [3.05, 3.63) is 55.4 Å². The van der Waals surface area contributed by atoms with Crippen LogP contribution < -0.4 is 5.56 Å². The molecule has 0 bridgehead atoms. The van der Waals surface area contributed by atoms with Crippen molar-refractivity contribution in [3.63, 3.8) is 0 Å². The first-order chi connectivity index (χ1) is 13.8. The first kappa shape index (κ1) is 20.2. The molecule has 1 unspecified atom stereocenters. The molecule has 1 aromatic heterocycles. The molecule has 10 nitrogen and oxygen atoms in total. The molecular formula is C19H19N5O5. The van der Waals surface area contributed by atoms with Gasteiger partial charge in [-0.15, -0.1) is 10.2 Å². The Labute approximate surface area is 165 Å². The molecule has 1 atom stereocenters. The van der Waals surface area contributed by atoms with E-state index in [0.29, 0.717) is 12.2 Å². The van der Waals surface area contributed by atoms with Gasteiger partial charge in [0, 0.05) is 24.3 Å². The fourth-order valence-corrected chi connectivity index (χ4v) is 3.14. The predicted octanol–water partition coefficient (Wildman–Crippen LogP) is 3.55. The van der Waals surface area contributed by atoms with Crippen LogP contribution in [-0.4, -0.2) is 27.3 Å². The van der Waals surface area contributed by atoms with Crippen LogP contribution in [0, 0.1) is 35.3 Å². The van der Waals surface area contributed by atoms with Crippen LogP contribution in [0.4, 0.5) is 17.1 Å². The number of hydrogen-bond donors (Lipinski definition) is 1. The minimum Gasteiger partial charge on any atom is -0.493 e. The third kappa shape index (κ3) is 4.00. The summed E-state index contributed by atoms with van der Waals surface area (Å²) in [5.41, 5.74) is 0.106. The first-order valence-corrected chi connectivity index (χ1v) is 8.98. The predicted molar refractivity (Wildman–Crippen MR) is 103 cm³/mol. The zero-order valence-electron chi connectivity index (χ0n) is 16.0. The molecule has 1 aromatic carbocycles. The Kier molecular flexibility index (Phi) is 5.70. The normalized spacial score (nSPS) is 16.2. The summed E-state index contributed by atoms with van der Waals surface area (Å²) < 4.78 is 6.59. The average Bonchev–Trinajstić information content (AvgIpc) is 3.20. The number of pyridine rings is 1. The second kappa shape index (κ2) is 8.20. The Hall–Kier alpha value is -3.58. The van der Waals surface area contributed by atoms with E-state index < -0.39 is 16.4 Å². The van der Waals surface area contributed by atoms with Crippen molar-refractivity contribution in [2.45, 2.75) is 39.3 Å².